The minimum Gasteiger partial charge on any atom is -0.385 e. The van der Waals surface area contributed by atoms with E-state index in [9.17, 15) is 0 Å². The van der Waals surface area contributed by atoms with Crippen molar-refractivity contribution in [3.05, 3.63) is 0 Å². The second-order valence-corrected chi connectivity index (χ2v) is 4.50. The highest BCUT2D eigenvalue weighted by Crippen LogP contribution is 2.14. The molecule has 1 unspecified atom stereocenters. The number of halogens is 1. The van der Waals surface area contributed by atoms with E-state index in [1.807, 2.05) is 0 Å². The van der Waals surface area contributed by atoms with Crippen LogP contribution in [0.1, 0.15) is 45.4 Å². The van der Waals surface area contributed by atoms with Crippen LogP contribution in [0.5, 0.6) is 0 Å². The van der Waals surface area contributed by atoms with Gasteiger partial charge < -0.3 is 4.74 Å². The van der Waals surface area contributed by atoms with Crippen LogP contribution in [0.4, 0.5) is 0 Å². The zero-order valence-corrected chi connectivity index (χ0v) is 9.90. The Hall–Kier alpha value is 0.440. The number of methoxy groups -OCH3 is 1. The van der Waals surface area contributed by atoms with Crippen molar-refractivity contribution in [3.63, 3.8) is 0 Å². The van der Waals surface area contributed by atoms with Gasteiger partial charge in [0.25, 0.3) is 0 Å². The quantitative estimate of drug-likeness (QED) is 0.461. The molecule has 0 aliphatic rings. The summed E-state index contributed by atoms with van der Waals surface area (Å²) >= 11 is 3.63. The Labute approximate surface area is 85.0 Å². The van der Waals surface area contributed by atoms with Crippen molar-refractivity contribution in [1.82, 2.24) is 0 Å². The lowest BCUT2D eigenvalue weighted by molar-refractivity contribution is 0.192. The van der Waals surface area contributed by atoms with Crippen molar-refractivity contribution in [3.8, 4) is 0 Å². The molecule has 0 bridgehead atoms. The van der Waals surface area contributed by atoms with Crippen LogP contribution in [0.3, 0.4) is 0 Å². The van der Waals surface area contributed by atoms with Crippen molar-refractivity contribution < 1.29 is 4.74 Å². The first kappa shape index (κ1) is 12.4. The van der Waals surface area contributed by atoms with E-state index in [4.69, 9.17) is 4.74 Å². The van der Waals surface area contributed by atoms with Gasteiger partial charge in [-0.2, -0.15) is 0 Å². The van der Waals surface area contributed by atoms with Gasteiger partial charge in [0.15, 0.2) is 0 Å². The maximum atomic E-state index is 4.98. The number of alkyl halides is 1. The zero-order valence-electron chi connectivity index (χ0n) is 8.31. The summed E-state index contributed by atoms with van der Waals surface area (Å²) in [7, 11) is 1.77. The molecule has 0 aromatic rings. The highest BCUT2D eigenvalue weighted by atomic mass is 79.9. The number of hydrogen-bond donors (Lipinski definition) is 0. The molecule has 12 heavy (non-hydrogen) atoms. The number of rotatable bonds is 8. The van der Waals surface area contributed by atoms with Gasteiger partial charge in [-0.25, -0.2) is 0 Å². The Morgan fingerprint density at radius 2 is 1.83 bits per heavy atom. The van der Waals surface area contributed by atoms with Crippen LogP contribution in [0.25, 0.3) is 0 Å². The van der Waals surface area contributed by atoms with Crippen LogP contribution < -0.4 is 0 Å². The summed E-state index contributed by atoms with van der Waals surface area (Å²) < 4.78 is 4.98. The van der Waals surface area contributed by atoms with E-state index in [-0.39, 0.29) is 0 Å². The van der Waals surface area contributed by atoms with Crippen molar-refractivity contribution >= 4 is 15.9 Å². The molecule has 0 saturated carbocycles. The maximum Gasteiger partial charge on any atom is 0.0462 e. The summed E-state index contributed by atoms with van der Waals surface area (Å²) in [6, 6.07) is 0. The fourth-order valence-corrected chi connectivity index (χ4v) is 1.49. The Kier molecular flexibility index (Phi) is 9.88. The van der Waals surface area contributed by atoms with Gasteiger partial charge >= 0.3 is 0 Å². The van der Waals surface area contributed by atoms with Gasteiger partial charge in [0, 0.05) is 18.5 Å². The van der Waals surface area contributed by atoms with Gasteiger partial charge in [-0.05, 0) is 19.3 Å². The molecule has 0 N–H and O–H groups in total. The molecule has 0 rings (SSSR count). The number of ether oxygens (including phenoxy) is 1. The van der Waals surface area contributed by atoms with Gasteiger partial charge in [-0.1, -0.05) is 42.1 Å². The Morgan fingerprint density at radius 3 is 2.42 bits per heavy atom. The van der Waals surface area contributed by atoms with Crippen molar-refractivity contribution in [2.75, 3.05) is 13.7 Å². The monoisotopic (exact) mass is 236 g/mol. The van der Waals surface area contributed by atoms with Crippen LogP contribution in [0.2, 0.25) is 0 Å². The van der Waals surface area contributed by atoms with Crippen LogP contribution >= 0.6 is 15.9 Å². The standard InChI is InChI=1S/C10H21BrO/c1-3-10(11)8-6-4-5-7-9-12-2/h10H,3-9H2,1-2H3. The first-order chi connectivity index (χ1) is 5.81. The van der Waals surface area contributed by atoms with E-state index < -0.39 is 0 Å². The molecular weight excluding hydrogens is 216 g/mol. The SMILES string of the molecule is CCC(Br)CCCCCCOC. The molecule has 0 amide bonds. The third-order valence-electron chi connectivity index (χ3n) is 2.06. The first-order valence-corrected chi connectivity index (χ1v) is 5.85. The van der Waals surface area contributed by atoms with Crippen LogP contribution in [0.15, 0.2) is 0 Å². The summed E-state index contributed by atoms with van der Waals surface area (Å²) in [5.41, 5.74) is 0. The smallest absolute Gasteiger partial charge is 0.0462 e. The molecular formula is C10H21BrO. The lowest BCUT2D eigenvalue weighted by Gasteiger charge is -2.05. The molecule has 2 heteroatoms. The van der Waals surface area contributed by atoms with Gasteiger partial charge in [-0.15, -0.1) is 0 Å². The lowest BCUT2D eigenvalue weighted by atomic mass is 10.1. The van der Waals surface area contributed by atoms with E-state index >= 15 is 0 Å². The van der Waals surface area contributed by atoms with Crippen molar-refractivity contribution in [2.45, 2.75) is 50.3 Å². The molecule has 0 spiro atoms. The van der Waals surface area contributed by atoms with Crippen molar-refractivity contribution in [1.29, 1.82) is 0 Å². The molecule has 0 aromatic heterocycles. The van der Waals surface area contributed by atoms with E-state index in [2.05, 4.69) is 22.9 Å². The molecule has 0 aliphatic carbocycles. The molecule has 1 atom stereocenters. The largest absolute Gasteiger partial charge is 0.385 e. The summed E-state index contributed by atoms with van der Waals surface area (Å²) in [5.74, 6) is 0. The molecule has 1 nitrogen and oxygen atoms in total. The van der Waals surface area contributed by atoms with Gasteiger partial charge in [-0.3, -0.25) is 0 Å². The second-order valence-electron chi connectivity index (χ2n) is 3.20. The molecule has 0 heterocycles. The second kappa shape index (κ2) is 9.53. The number of unbranched alkanes of at least 4 members (excludes halogenated alkanes) is 3. The first-order valence-electron chi connectivity index (χ1n) is 4.94. The summed E-state index contributed by atoms with van der Waals surface area (Å²) in [6.07, 6.45) is 7.81. The highest BCUT2D eigenvalue weighted by Gasteiger charge is 1.99. The van der Waals surface area contributed by atoms with Crippen LogP contribution in [-0.2, 0) is 4.74 Å². The van der Waals surface area contributed by atoms with Crippen LogP contribution in [-0.4, -0.2) is 18.5 Å². The fraction of sp³-hybridized carbons (Fsp3) is 1.00. The van der Waals surface area contributed by atoms with Gasteiger partial charge in [0.1, 0.15) is 0 Å². The Morgan fingerprint density at radius 1 is 1.17 bits per heavy atom. The fourth-order valence-electron chi connectivity index (χ4n) is 1.17. The zero-order chi connectivity index (χ0) is 9.23. The third kappa shape index (κ3) is 8.54. The molecule has 0 saturated heterocycles. The van der Waals surface area contributed by atoms with Gasteiger partial charge in [0.05, 0.1) is 0 Å². The molecule has 74 valence electrons. The minimum atomic E-state index is 0.736. The van der Waals surface area contributed by atoms with Gasteiger partial charge in [0.2, 0.25) is 0 Å². The molecule has 0 aliphatic heterocycles. The third-order valence-corrected chi connectivity index (χ3v) is 3.16. The van der Waals surface area contributed by atoms with E-state index in [1.54, 1.807) is 7.11 Å². The predicted molar refractivity (Wildman–Crippen MR) is 58.0 cm³/mol. The topological polar surface area (TPSA) is 9.23 Å². The molecule has 0 aromatic carbocycles. The summed E-state index contributed by atoms with van der Waals surface area (Å²) in [6.45, 7) is 3.15. The lowest BCUT2D eigenvalue weighted by Crippen LogP contribution is -1.95. The van der Waals surface area contributed by atoms with Crippen molar-refractivity contribution in [2.24, 2.45) is 0 Å². The average molecular weight is 237 g/mol. The summed E-state index contributed by atoms with van der Waals surface area (Å²) in [5, 5.41) is 0. The maximum absolute atomic E-state index is 4.98. The van der Waals surface area contributed by atoms with E-state index in [0.29, 0.717) is 0 Å². The normalized spacial score (nSPS) is 13.2. The Bertz CT molecular complexity index is 85.9. The van der Waals surface area contributed by atoms with Crippen LogP contribution in [0, 0.1) is 0 Å². The highest BCUT2D eigenvalue weighted by molar-refractivity contribution is 9.09. The Balaban J connectivity index is 2.90. The minimum absolute atomic E-state index is 0.736. The average Bonchev–Trinajstić information content (AvgIpc) is 2.10. The molecule has 0 fully saturated rings. The summed E-state index contributed by atoms with van der Waals surface area (Å²) in [4.78, 5) is 0.736. The molecule has 0 radical (unpaired) electrons. The van der Waals surface area contributed by atoms with E-state index in [0.717, 1.165) is 11.4 Å². The predicted octanol–water partition coefficient (Wildman–Crippen LogP) is 3.76. The number of hydrogen-bond acceptors (Lipinski definition) is 1. The van der Waals surface area contributed by atoms with E-state index in [1.165, 1.54) is 38.5 Å².